The lowest BCUT2D eigenvalue weighted by Crippen LogP contribution is -2.46. The van der Waals surface area contributed by atoms with Gasteiger partial charge in [0, 0.05) is 36.1 Å². The molecule has 1 aromatic carbocycles. The van der Waals surface area contributed by atoms with Gasteiger partial charge in [0.2, 0.25) is 5.91 Å². The topological polar surface area (TPSA) is 113 Å². The minimum atomic E-state index is -0.917. The molecule has 0 bridgehead atoms. The summed E-state index contributed by atoms with van der Waals surface area (Å²) in [5, 5.41) is 13.6. The normalized spacial score (nSPS) is 16.0. The summed E-state index contributed by atoms with van der Waals surface area (Å²) in [6.07, 6.45) is 1.04. The van der Waals surface area contributed by atoms with Crippen molar-refractivity contribution >= 4 is 44.2 Å². The van der Waals surface area contributed by atoms with Crippen LogP contribution in [0.4, 0.5) is 5.00 Å². The van der Waals surface area contributed by atoms with E-state index in [1.165, 1.54) is 11.3 Å². The molecular formula is C22H29N3O4S. The maximum atomic E-state index is 13.2. The van der Waals surface area contributed by atoms with Gasteiger partial charge >= 0.3 is 5.97 Å². The summed E-state index contributed by atoms with van der Waals surface area (Å²) in [7, 11) is 0. The number of nitrogens with one attached hydrogen (secondary N) is 1. The first-order valence-electron chi connectivity index (χ1n) is 10.3. The Morgan fingerprint density at radius 1 is 1.20 bits per heavy atom. The number of piperidine rings is 1. The van der Waals surface area contributed by atoms with Crippen LogP contribution in [0.3, 0.4) is 0 Å². The highest BCUT2D eigenvalue weighted by Crippen LogP contribution is 2.40. The summed E-state index contributed by atoms with van der Waals surface area (Å²) < 4.78 is 0.970. The average molecular weight is 432 g/mol. The molecule has 7 nitrogen and oxygen atoms in total. The molecule has 2 aromatic rings. The Balaban J connectivity index is 1.72. The fourth-order valence-electron chi connectivity index (χ4n) is 4.09. The lowest BCUT2D eigenvalue weighted by Gasteiger charge is -2.40. The van der Waals surface area contributed by atoms with Crippen molar-refractivity contribution in [1.29, 1.82) is 0 Å². The molecule has 30 heavy (non-hydrogen) atoms. The predicted molar refractivity (Wildman–Crippen MR) is 119 cm³/mol. The molecule has 0 atom stereocenters. The zero-order chi connectivity index (χ0) is 21.9. The molecular weight excluding hydrogens is 402 g/mol. The number of amides is 2. The Hall–Kier alpha value is -2.61. The second kappa shape index (κ2) is 9.04. The van der Waals surface area contributed by atoms with E-state index >= 15 is 0 Å². The van der Waals surface area contributed by atoms with E-state index in [1.807, 2.05) is 38.1 Å². The van der Waals surface area contributed by atoms with Crippen molar-refractivity contribution in [2.45, 2.75) is 39.5 Å². The van der Waals surface area contributed by atoms with Crippen LogP contribution in [0, 0.1) is 11.3 Å². The number of carbonyl (C=O) groups excluding carboxylic acids is 2. The molecule has 3 rings (SSSR count). The minimum Gasteiger partial charge on any atom is -0.481 e. The average Bonchev–Trinajstić information content (AvgIpc) is 3.01. The number of likely N-dealkylation sites (tertiary alicyclic amines) is 1. The number of benzene rings is 1. The van der Waals surface area contributed by atoms with E-state index in [1.54, 1.807) is 4.90 Å². The van der Waals surface area contributed by atoms with Gasteiger partial charge in [-0.1, -0.05) is 32.0 Å². The van der Waals surface area contributed by atoms with E-state index in [0.29, 0.717) is 49.0 Å². The summed E-state index contributed by atoms with van der Waals surface area (Å²) in [5.74, 6) is -0.842. The second-order valence-corrected chi connectivity index (χ2v) is 9.66. The molecule has 1 aliphatic heterocycles. The van der Waals surface area contributed by atoms with Crippen molar-refractivity contribution in [3.8, 4) is 0 Å². The summed E-state index contributed by atoms with van der Waals surface area (Å²) >= 11 is 1.40. The zero-order valence-corrected chi connectivity index (χ0v) is 18.3. The maximum Gasteiger partial charge on any atom is 0.303 e. The van der Waals surface area contributed by atoms with E-state index in [0.717, 1.165) is 10.1 Å². The first-order chi connectivity index (χ1) is 14.2. The number of thiophene rings is 1. The van der Waals surface area contributed by atoms with Crippen molar-refractivity contribution in [3.63, 3.8) is 0 Å². The number of carbonyl (C=O) groups is 3. The number of aliphatic carboxylic acids is 1. The van der Waals surface area contributed by atoms with Crippen molar-refractivity contribution in [1.82, 2.24) is 10.2 Å². The smallest absolute Gasteiger partial charge is 0.303 e. The van der Waals surface area contributed by atoms with Crippen LogP contribution in [-0.2, 0) is 9.59 Å². The van der Waals surface area contributed by atoms with Crippen LogP contribution in [-0.4, -0.2) is 47.4 Å². The largest absolute Gasteiger partial charge is 0.481 e. The summed E-state index contributed by atoms with van der Waals surface area (Å²) in [5.41, 5.74) is 6.04. The van der Waals surface area contributed by atoms with Gasteiger partial charge in [0.25, 0.3) is 5.91 Å². The van der Waals surface area contributed by atoms with Gasteiger partial charge in [0.15, 0.2) is 0 Å². The van der Waals surface area contributed by atoms with Crippen LogP contribution in [0.25, 0.3) is 10.1 Å². The minimum absolute atomic E-state index is 0.0757. The SMILES string of the molecule is CC(C)CNC(=O)CC1(CC(=O)O)CCN(C(=O)c2c(N)sc3ccccc23)CC1. The second-order valence-electron chi connectivity index (χ2n) is 8.57. The lowest BCUT2D eigenvalue weighted by atomic mass is 9.72. The maximum absolute atomic E-state index is 13.2. The van der Waals surface area contributed by atoms with Crippen LogP contribution in [0.2, 0.25) is 0 Å². The number of hydrogen-bond donors (Lipinski definition) is 3. The lowest BCUT2D eigenvalue weighted by molar-refractivity contribution is -0.141. The molecule has 1 fully saturated rings. The third-order valence-corrected chi connectivity index (χ3v) is 6.72. The highest BCUT2D eigenvalue weighted by atomic mass is 32.1. The number of nitrogen functional groups attached to an aromatic ring is 1. The molecule has 4 N–H and O–H groups in total. The number of rotatable bonds is 7. The van der Waals surface area contributed by atoms with Crippen LogP contribution >= 0.6 is 11.3 Å². The number of anilines is 1. The molecule has 1 aliphatic rings. The van der Waals surface area contributed by atoms with Crippen molar-refractivity contribution in [2.24, 2.45) is 11.3 Å². The van der Waals surface area contributed by atoms with Gasteiger partial charge < -0.3 is 21.1 Å². The summed E-state index contributed by atoms with van der Waals surface area (Å²) in [6, 6.07) is 7.64. The monoisotopic (exact) mass is 431 g/mol. The van der Waals surface area contributed by atoms with Gasteiger partial charge in [-0.3, -0.25) is 14.4 Å². The van der Waals surface area contributed by atoms with E-state index in [-0.39, 0.29) is 24.7 Å². The van der Waals surface area contributed by atoms with Gasteiger partial charge in [0.1, 0.15) is 0 Å². The van der Waals surface area contributed by atoms with Crippen LogP contribution in [0.15, 0.2) is 24.3 Å². The number of carboxylic acid groups (broad SMARTS) is 1. The van der Waals surface area contributed by atoms with Crippen LogP contribution < -0.4 is 11.1 Å². The molecule has 0 aliphatic carbocycles. The quantitative estimate of drug-likeness (QED) is 0.622. The fourth-order valence-corrected chi connectivity index (χ4v) is 5.05. The Labute approximate surface area is 180 Å². The molecule has 162 valence electrons. The molecule has 1 aromatic heterocycles. The summed E-state index contributed by atoms with van der Waals surface area (Å²) in [4.78, 5) is 38.8. The Morgan fingerprint density at radius 2 is 1.87 bits per heavy atom. The summed E-state index contributed by atoms with van der Waals surface area (Å²) in [6.45, 7) is 5.41. The van der Waals surface area contributed by atoms with Crippen LogP contribution in [0.5, 0.6) is 0 Å². The van der Waals surface area contributed by atoms with E-state index < -0.39 is 11.4 Å². The van der Waals surface area contributed by atoms with E-state index in [4.69, 9.17) is 5.73 Å². The predicted octanol–water partition coefficient (Wildman–Crippen LogP) is 3.34. The Morgan fingerprint density at radius 3 is 2.50 bits per heavy atom. The van der Waals surface area contributed by atoms with Crippen molar-refractivity contribution in [2.75, 3.05) is 25.4 Å². The highest BCUT2D eigenvalue weighted by molar-refractivity contribution is 7.23. The number of hydrogen-bond acceptors (Lipinski definition) is 5. The molecule has 2 amide bonds. The Kier molecular flexibility index (Phi) is 6.65. The molecule has 0 unspecified atom stereocenters. The molecule has 8 heteroatoms. The third kappa shape index (κ3) is 4.92. The molecule has 0 saturated carbocycles. The Bertz CT molecular complexity index is 945. The third-order valence-electron chi connectivity index (χ3n) is 5.72. The number of nitrogens with two attached hydrogens (primary N) is 1. The number of nitrogens with zero attached hydrogens (tertiary/aromatic N) is 1. The van der Waals surface area contributed by atoms with E-state index in [2.05, 4.69) is 5.32 Å². The van der Waals surface area contributed by atoms with Gasteiger partial charge in [-0.2, -0.15) is 0 Å². The van der Waals surface area contributed by atoms with Gasteiger partial charge in [-0.05, 0) is 30.2 Å². The van der Waals surface area contributed by atoms with Crippen LogP contribution in [0.1, 0.15) is 49.9 Å². The van der Waals surface area contributed by atoms with Gasteiger partial charge in [-0.15, -0.1) is 11.3 Å². The zero-order valence-electron chi connectivity index (χ0n) is 17.4. The number of carboxylic acids is 1. The fraction of sp³-hybridized carbons (Fsp3) is 0.500. The molecule has 0 radical (unpaired) electrons. The van der Waals surface area contributed by atoms with Gasteiger partial charge in [-0.25, -0.2) is 0 Å². The first kappa shape index (κ1) is 22.1. The van der Waals surface area contributed by atoms with E-state index in [9.17, 15) is 19.5 Å². The van der Waals surface area contributed by atoms with Crippen molar-refractivity contribution in [3.05, 3.63) is 29.8 Å². The molecule has 0 spiro atoms. The number of fused-ring (bicyclic) bond motifs is 1. The van der Waals surface area contributed by atoms with Crippen molar-refractivity contribution < 1.29 is 19.5 Å². The first-order valence-corrected chi connectivity index (χ1v) is 11.1. The standard InChI is InChI=1S/C22H29N3O4S/c1-14(2)13-24-17(26)11-22(12-18(27)28)7-9-25(10-8-22)21(29)19-15-5-3-4-6-16(15)30-20(19)23/h3-6,14H,7-13,23H2,1-2H3,(H,24,26)(H,27,28). The molecule has 2 heterocycles. The highest BCUT2D eigenvalue weighted by Gasteiger charge is 2.40. The molecule has 1 saturated heterocycles. The van der Waals surface area contributed by atoms with Gasteiger partial charge in [0.05, 0.1) is 17.0 Å².